The summed E-state index contributed by atoms with van der Waals surface area (Å²) in [5.41, 5.74) is 6.02. The van der Waals surface area contributed by atoms with Crippen LogP contribution in [0, 0.1) is 0 Å². The fraction of sp³-hybridized carbons (Fsp3) is 0.231. The summed E-state index contributed by atoms with van der Waals surface area (Å²) in [6.45, 7) is 0. The molecular weight excluding hydrogens is 294 g/mol. The van der Waals surface area contributed by atoms with Crippen molar-refractivity contribution in [3.8, 4) is 11.5 Å². The molecule has 8 heteroatoms. The molecule has 0 atom stereocenters. The third-order valence-electron chi connectivity index (χ3n) is 2.84. The van der Waals surface area contributed by atoms with Crippen molar-refractivity contribution in [1.29, 1.82) is 0 Å². The first-order valence-corrected chi connectivity index (χ1v) is 7.63. The maximum Gasteiger partial charge on any atom is 0.186 e. The highest BCUT2D eigenvalue weighted by Crippen LogP contribution is 2.31. The van der Waals surface area contributed by atoms with Gasteiger partial charge in [0.1, 0.15) is 11.4 Å². The van der Waals surface area contributed by atoms with Crippen LogP contribution in [0.15, 0.2) is 35.6 Å². The van der Waals surface area contributed by atoms with Crippen LogP contribution in [0.4, 0.5) is 5.69 Å². The molecule has 2 rings (SSSR count). The Hall–Kier alpha value is -2.35. The highest BCUT2D eigenvalue weighted by atomic mass is 32.2. The molecule has 7 nitrogen and oxygen atoms in total. The SMILES string of the molecule is COc1ccnc(CS(=O)(=O)c2ccncc2N)c1OC. The Balaban J connectivity index is 2.45. The summed E-state index contributed by atoms with van der Waals surface area (Å²) in [6, 6.07) is 2.95. The van der Waals surface area contributed by atoms with Crippen LogP contribution in [-0.4, -0.2) is 32.6 Å². The molecule has 0 radical (unpaired) electrons. The van der Waals surface area contributed by atoms with Crippen molar-refractivity contribution in [3.05, 3.63) is 36.4 Å². The second-order valence-electron chi connectivity index (χ2n) is 4.17. The van der Waals surface area contributed by atoms with E-state index in [1.54, 1.807) is 6.07 Å². The van der Waals surface area contributed by atoms with E-state index >= 15 is 0 Å². The molecule has 0 aliphatic rings. The number of anilines is 1. The highest BCUT2D eigenvalue weighted by molar-refractivity contribution is 7.90. The highest BCUT2D eigenvalue weighted by Gasteiger charge is 2.22. The van der Waals surface area contributed by atoms with Crippen LogP contribution < -0.4 is 15.2 Å². The molecule has 112 valence electrons. The molecule has 21 heavy (non-hydrogen) atoms. The zero-order valence-electron chi connectivity index (χ0n) is 11.6. The van der Waals surface area contributed by atoms with E-state index in [2.05, 4.69) is 9.97 Å². The summed E-state index contributed by atoms with van der Waals surface area (Å²) >= 11 is 0. The Morgan fingerprint density at radius 3 is 2.57 bits per heavy atom. The van der Waals surface area contributed by atoms with Gasteiger partial charge in [-0.25, -0.2) is 8.42 Å². The van der Waals surface area contributed by atoms with E-state index < -0.39 is 9.84 Å². The quantitative estimate of drug-likeness (QED) is 0.880. The number of pyridine rings is 2. The third kappa shape index (κ3) is 3.05. The van der Waals surface area contributed by atoms with Crippen molar-refractivity contribution in [2.75, 3.05) is 20.0 Å². The molecule has 0 saturated carbocycles. The Kier molecular flexibility index (Phi) is 4.27. The van der Waals surface area contributed by atoms with Crippen LogP contribution >= 0.6 is 0 Å². The van der Waals surface area contributed by atoms with Crippen molar-refractivity contribution < 1.29 is 17.9 Å². The molecular formula is C13H15N3O4S. The molecule has 0 aliphatic carbocycles. The third-order valence-corrected chi connectivity index (χ3v) is 4.53. The number of rotatable bonds is 5. The molecule has 0 fully saturated rings. The van der Waals surface area contributed by atoms with Gasteiger partial charge < -0.3 is 15.2 Å². The Morgan fingerprint density at radius 1 is 1.19 bits per heavy atom. The monoisotopic (exact) mass is 309 g/mol. The van der Waals surface area contributed by atoms with Crippen molar-refractivity contribution in [3.63, 3.8) is 0 Å². The maximum atomic E-state index is 12.4. The first kappa shape index (κ1) is 15.0. The van der Waals surface area contributed by atoms with Gasteiger partial charge in [-0.3, -0.25) is 9.97 Å². The number of nitrogen functional groups attached to an aromatic ring is 1. The second-order valence-corrected chi connectivity index (χ2v) is 6.12. The molecule has 0 spiro atoms. The van der Waals surface area contributed by atoms with Gasteiger partial charge in [0.05, 0.1) is 31.0 Å². The van der Waals surface area contributed by atoms with Gasteiger partial charge in [-0.1, -0.05) is 0 Å². The van der Waals surface area contributed by atoms with Crippen LogP contribution in [0.1, 0.15) is 5.69 Å². The van der Waals surface area contributed by atoms with Crippen molar-refractivity contribution >= 4 is 15.5 Å². The first-order chi connectivity index (χ1) is 9.99. The van der Waals surface area contributed by atoms with E-state index in [0.29, 0.717) is 5.75 Å². The summed E-state index contributed by atoms with van der Waals surface area (Å²) in [5, 5.41) is 0. The summed E-state index contributed by atoms with van der Waals surface area (Å²) in [6.07, 6.45) is 4.13. The number of hydrogen-bond acceptors (Lipinski definition) is 7. The number of nitrogens with zero attached hydrogens (tertiary/aromatic N) is 2. The fourth-order valence-electron chi connectivity index (χ4n) is 1.89. The second kappa shape index (κ2) is 5.96. The lowest BCUT2D eigenvalue weighted by Gasteiger charge is -2.12. The molecule has 0 saturated heterocycles. The summed E-state index contributed by atoms with van der Waals surface area (Å²) < 4.78 is 35.2. The molecule has 2 N–H and O–H groups in total. The van der Waals surface area contributed by atoms with Crippen LogP contribution in [0.2, 0.25) is 0 Å². The van der Waals surface area contributed by atoms with Gasteiger partial charge in [0.25, 0.3) is 0 Å². The molecule has 2 aromatic rings. The smallest absolute Gasteiger partial charge is 0.186 e. The van der Waals surface area contributed by atoms with Crippen molar-refractivity contribution in [2.45, 2.75) is 10.6 Å². The van der Waals surface area contributed by atoms with Gasteiger partial charge in [-0.2, -0.15) is 0 Å². The number of sulfone groups is 1. The summed E-state index contributed by atoms with van der Waals surface area (Å²) in [5.74, 6) is 0.360. The number of methoxy groups -OCH3 is 2. The standard InChI is InChI=1S/C13H15N3O4S/c1-19-11-3-6-16-10(13(11)20-2)8-21(17,18)12-4-5-15-7-9(12)14/h3-7H,8,14H2,1-2H3. The van der Waals surface area contributed by atoms with Crippen LogP contribution in [-0.2, 0) is 15.6 Å². The van der Waals surface area contributed by atoms with Gasteiger partial charge in [-0.05, 0) is 6.07 Å². The molecule has 0 unspecified atom stereocenters. The number of aromatic nitrogens is 2. The normalized spacial score (nSPS) is 11.1. The van der Waals surface area contributed by atoms with Gasteiger partial charge >= 0.3 is 0 Å². The van der Waals surface area contributed by atoms with E-state index in [1.165, 1.54) is 38.9 Å². The van der Waals surface area contributed by atoms with E-state index in [0.717, 1.165) is 0 Å². The predicted molar refractivity (Wildman–Crippen MR) is 76.9 cm³/mol. The molecule has 0 aromatic carbocycles. The Labute approximate surface area is 122 Å². The lowest BCUT2D eigenvalue weighted by molar-refractivity contribution is 0.350. The van der Waals surface area contributed by atoms with E-state index in [9.17, 15) is 8.42 Å². The first-order valence-electron chi connectivity index (χ1n) is 5.97. The minimum absolute atomic E-state index is 0.0178. The molecule has 0 amide bonds. The number of nitrogens with two attached hydrogens (primary N) is 1. The zero-order valence-corrected chi connectivity index (χ0v) is 12.4. The van der Waals surface area contributed by atoms with Crippen LogP contribution in [0.3, 0.4) is 0 Å². The minimum Gasteiger partial charge on any atom is -0.493 e. The Bertz CT molecular complexity index is 747. The van der Waals surface area contributed by atoms with Gasteiger partial charge in [0.15, 0.2) is 21.3 Å². The van der Waals surface area contributed by atoms with E-state index in [1.807, 2.05) is 0 Å². The minimum atomic E-state index is -3.66. The van der Waals surface area contributed by atoms with Crippen molar-refractivity contribution in [2.24, 2.45) is 0 Å². The van der Waals surface area contributed by atoms with Gasteiger partial charge in [0.2, 0.25) is 0 Å². The zero-order chi connectivity index (χ0) is 15.5. The van der Waals surface area contributed by atoms with E-state index in [4.69, 9.17) is 15.2 Å². The average molecular weight is 309 g/mol. The maximum absolute atomic E-state index is 12.4. The summed E-state index contributed by atoms with van der Waals surface area (Å²) in [4.78, 5) is 7.85. The summed E-state index contributed by atoms with van der Waals surface area (Å²) in [7, 11) is -0.768. The molecule has 2 aromatic heterocycles. The van der Waals surface area contributed by atoms with Crippen molar-refractivity contribution in [1.82, 2.24) is 9.97 Å². The lowest BCUT2D eigenvalue weighted by Crippen LogP contribution is -2.10. The molecule has 0 bridgehead atoms. The average Bonchev–Trinajstić information content (AvgIpc) is 2.46. The lowest BCUT2D eigenvalue weighted by atomic mass is 10.3. The van der Waals surface area contributed by atoms with Gasteiger partial charge in [0, 0.05) is 18.5 Å². The van der Waals surface area contributed by atoms with E-state index in [-0.39, 0.29) is 27.8 Å². The predicted octanol–water partition coefficient (Wildman–Crippen LogP) is 1.05. The largest absolute Gasteiger partial charge is 0.493 e. The molecule has 2 heterocycles. The fourth-order valence-corrected chi connectivity index (χ4v) is 3.29. The van der Waals surface area contributed by atoms with Crippen LogP contribution in [0.25, 0.3) is 0 Å². The number of hydrogen-bond donors (Lipinski definition) is 1. The molecule has 0 aliphatic heterocycles. The number of ether oxygens (including phenoxy) is 2. The Morgan fingerprint density at radius 2 is 1.95 bits per heavy atom. The van der Waals surface area contributed by atoms with Crippen LogP contribution in [0.5, 0.6) is 11.5 Å². The van der Waals surface area contributed by atoms with Gasteiger partial charge in [-0.15, -0.1) is 0 Å². The topological polar surface area (TPSA) is 104 Å².